The maximum Gasteiger partial charge on any atom is 0.254 e. The molecule has 1 amide bonds. The summed E-state index contributed by atoms with van der Waals surface area (Å²) in [6.07, 6.45) is 2.18. The first-order valence-corrected chi connectivity index (χ1v) is 7.66. The number of phenols is 1. The van der Waals surface area contributed by atoms with Gasteiger partial charge in [0.05, 0.1) is 6.54 Å². The zero-order chi connectivity index (χ0) is 14.1. The monoisotopic (exact) mass is 287 g/mol. The second-order valence-corrected chi connectivity index (χ2v) is 6.28. The molecular formula is C16H17NO2S. The van der Waals surface area contributed by atoms with Crippen molar-refractivity contribution in [3.63, 3.8) is 0 Å². The maximum atomic E-state index is 12.7. The Kier molecular flexibility index (Phi) is 3.49. The minimum absolute atomic E-state index is 0.0593. The summed E-state index contributed by atoms with van der Waals surface area (Å²) in [5.74, 6) is 0.293. The molecule has 2 aromatic rings. The molecule has 3 nitrogen and oxygen atoms in total. The fourth-order valence-corrected chi connectivity index (χ4v) is 2.98. The van der Waals surface area contributed by atoms with Crippen LogP contribution < -0.4 is 0 Å². The summed E-state index contributed by atoms with van der Waals surface area (Å²) in [7, 11) is 0. The molecule has 0 bridgehead atoms. The number of carbonyl (C=O) groups excluding carboxylic acids is 1. The summed E-state index contributed by atoms with van der Waals surface area (Å²) in [6, 6.07) is 9.52. The quantitative estimate of drug-likeness (QED) is 0.934. The maximum absolute atomic E-state index is 12.7. The van der Waals surface area contributed by atoms with Gasteiger partial charge in [-0.2, -0.15) is 0 Å². The molecule has 1 saturated carbocycles. The fraction of sp³-hybridized carbons (Fsp3) is 0.312. The van der Waals surface area contributed by atoms with Gasteiger partial charge >= 0.3 is 0 Å². The number of rotatable bonds is 4. The first-order chi connectivity index (χ1) is 9.65. The standard InChI is InChI=1S/C16H17NO2S/c1-11-9-12(4-7-15(11)18)16(19)17(13-5-6-13)10-14-3-2-8-20-14/h2-4,7-9,13,18H,5-6,10H2,1H3. The Labute approximate surface area is 122 Å². The third-order valence-electron chi connectivity index (χ3n) is 3.60. The SMILES string of the molecule is Cc1cc(C(=O)N(Cc2cccs2)C2CC2)ccc1O. The van der Waals surface area contributed by atoms with Crippen LogP contribution in [0.15, 0.2) is 35.7 Å². The number of thiophene rings is 1. The molecule has 1 fully saturated rings. The van der Waals surface area contributed by atoms with E-state index in [1.54, 1.807) is 29.5 Å². The van der Waals surface area contributed by atoms with Crippen LogP contribution in [0, 0.1) is 6.92 Å². The summed E-state index contributed by atoms with van der Waals surface area (Å²) < 4.78 is 0. The average Bonchev–Trinajstić information content (AvgIpc) is 3.15. The summed E-state index contributed by atoms with van der Waals surface area (Å²) in [5, 5.41) is 11.6. The van der Waals surface area contributed by atoms with Crippen molar-refractivity contribution in [2.45, 2.75) is 32.4 Å². The number of hydrogen-bond acceptors (Lipinski definition) is 3. The van der Waals surface area contributed by atoms with Crippen LogP contribution in [0.3, 0.4) is 0 Å². The molecule has 1 aliphatic rings. The minimum atomic E-state index is 0.0593. The molecule has 0 unspecified atom stereocenters. The van der Waals surface area contributed by atoms with E-state index < -0.39 is 0 Å². The Balaban J connectivity index is 1.83. The molecule has 20 heavy (non-hydrogen) atoms. The molecule has 1 N–H and O–H groups in total. The molecule has 1 aromatic heterocycles. The first-order valence-electron chi connectivity index (χ1n) is 6.78. The number of carbonyl (C=O) groups is 1. The van der Waals surface area contributed by atoms with Gasteiger partial charge in [0.2, 0.25) is 0 Å². The van der Waals surface area contributed by atoms with Crippen LogP contribution in [0.4, 0.5) is 0 Å². The van der Waals surface area contributed by atoms with Crippen molar-refractivity contribution in [1.29, 1.82) is 0 Å². The largest absolute Gasteiger partial charge is 0.508 e. The van der Waals surface area contributed by atoms with E-state index >= 15 is 0 Å². The van der Waals surface area contributed by atoms with Gasteiger partial charge in [0, 0.05) is 16.5 Å². The van der Waals surface area contributed by atoms with E-state index in [2.05, 4.69) is 6.07 Å². The van der Waals surface area contributed by atoms with Crippen LogP contribution in [-0.4, -0.2) is 22.0 Å². The molecule has 4 heteroatoms. The number of aryl methyl sites for hydroxylation is 1. The van der Waals surface area contributed by atoms with Crippen molar-refractivity contribution >= 4 is 17.2 Å². The van der Waals surface area contributed by atoms with Crippen molar-refractivity contribution in [2.24, 2.45) is 0 Å². The molecule has 0 radical (unpaired) electrons. The van der Waals surface area contributed by atoms with E-state index in [1.807, 2.05) is 23.3 Å². The van der Waals surface area contributed by atoms with Crippen molar-refractivity contribution in [3.8, 4) is 5.75 Å². The van der Waals surface area contributed by atoms with Gasteiger partial charge in [-0.1, -0.05) is 6.07 Å². The Morgan fingerprint density at radius 2 is 2.20 bits per heavy atom. The molecule has 0 aliphatic heterocycles. The lowest BCUT2D eigenvalue weighted by Crippen LogP contribution is -2.32. The molecule has 104 valence electrons. The lowest BCUT2D eigenvalue weighted by molar-refractivity contribution is 0.0731. The Morgan fingerprint density at radius 1 is 1.40 bits per heavy atom. The Morgan fingerprint density at radius 3 is 2.80 bits per heavy atom. The molecule has 1 heterocycles. The molecule has 1 aliphatic carbocycles. The summed E-state index contributed by atoms with van der Waals surface area (Å²) in [4.78, 5) is 15.8. The number of phenolic OH excluding ortho intramolecular Hbond substituents is 1. The van der Waals surface area contributed by atoms with Crippen LogP contribution >= 0.6 is 11.3 Å². The van der Waals surface area contributed by atoms with Gasteiger partial charge < -0.3 is 10.0 Å². The summed E-state index contributed by atoms with van der Waals surface area (Å²) >= 11 is 1.68. The number of aromatic hydroxyl groups is 1. The number of benzene rings is 1. The highest BCUT2D eigenvalue weighted by Gasteiger charge is 2.33. The van der Waals surface area contributed by atoms with Crippen LogP contribution in [0.1, 0.15) is 33.6 Å². The number of nitrogens with zero attached hydrogens (tertiary/aromatic N) is 1. The van der Waals surface area contributed by atoms with Crippen molar-refractivity contribution in [2.75, 3.05) is 0 Å². The van der Waals surface area contributed by atoms with Gasteiger partial charge in [0.15, 0.2) is 0 Å². The molecule has 3 rings (SSSR count). The van der Waals surface area contributed by atoms with E-state index in [0.717, 1.165) is 18.4 Å². The third-order valence-corrected chi connectivity index (χ3v) is 4.46. The average molecular weight is 287 g/mol. The highest BCUT2D eigenvalue weighted by Crippen LogP contribution is 2.31. The Bertz CT molecular complexity index is 617. The van der Waals surface area contributed by atoms with Gasteiger partial charge in [0.25, 0.3) is 5.91 Å². The van der Waals surface area contributed by atoms with Gasteiger partial charge in [-0.3, -0.25) is 4.79 Å². The second kappa shape index (κ2) is 5.29. The number of amides is 1. The zero-order valence-electron chi connectivity index (χ0n) is 11.4. The summed E-state index contributed by atoms with van der Waals surface area (Å²) in [5.41, 5.74) is 1.39. The number of hydrogen-bond donors (Lipinski definition) is 1. The molecule has 0 spiro atoms. The molecule has 0 saturated heterocycles. The van der Waals surface area contributed by atoms with Crippen LogP contribution in [0.5, 0.6) is 5.75 Å². The van der Waals surface area contributed by atoms with Crippen LogP contribution in [0.2, 0.25) is 0 Å². The normalized spacial score (nSPS) is 14.2. The molecular weight excluding hydrogens is 270 g/mol. The molecule has 0 atom stereocenters. The van der Waals surface area contributed by atoms with Gasteiger partial charge in [-0.25, -0.2) is 0 Å². The predicted molar refractivity (Wildman–Crippen MR) is 80.1 cm³/mol. The van der Waals surface area contributed by atoms with E-state index in [-0.39, 0.29) is 11.7 Å². The van der Waals surface area contributed by atoms with Crippen molar-refractivity contribution in [3.05, 3.63) is 51.7 Å². The second-order valence-electron chi connectivity index (χ2n) is 5.24. The van der Waals surface area contributed by atoms with Crippen LogP contribution in [0.25, 0.3) is 0 Å². The lowest BCUT2D eigenvalue weighted by Gasteiger charge is -2.22. The first kappa shape index (κ1) is 13.2. The van der Waals surface area contributed by atoms with Crippen LogP contribution in [-0.2, 0) is 6.54 Å². The zero-order valence-corrected chi connectivity index (χ0v) is 12.2. The van der Waals surface area contributed by atoms with Gasteiger partial charge in [-0.05, 0) is 55.0 Å². The van der Waals surface area contributed by atoms with E-state index in [9.17, 15) is 9.90 Å². The fourth-order valence-electron chi connectivity index (χ4n) is 2.28. The minimum Gasteiger partial charge on any atom is -0.508 e. The predicted octanol–water partition coefficient (Wildman–Crippen LogP) is 3.57. The molecule has 1 aromatic carbocycles. The summed E-state index contributed by atoms with van der Waals surface area (Å²) in [6.45, 7) is 2.49. The Hall–Kier alpha value is -1.81. The smallest absolute Gasteiger partial charge is 0.254 e. The van der Waals surface area contributed by atoms with Gasteiger partial charge in [-0.15, -0.1) is 11.3 Å². The topological polar surface area (TPSA) is 40.5 Å². The highest BCUT2D eigenvalue weighted by molar-refractivity contribution is 7.09. The highest BCUT2D eigenvalue weighted by atomic mass is 32.1. The van der Waals surface area contributed by atoms with Crippen molar-refractivity contribution in [1.82, 2.24) is 4.90 Å². The van der Waals surface area contributed by atoms with E-state index in [4.69, 9.17) is 0 Å². The third kappa shape index (κ3) is 2.70. The van der Waals surface area contributed by atoms with E-state index in [1.165, 1.54) is 4.88 Å². The van der Waals surface area contributed by atoms with Crippen molar-refractivity contribution < 1.29 is 9.90 Å². The lowest BCUT2D eigenvalue weighted by atomic mass is 10.1. The van der Waals surface area contributed by atoms with E-state index in [0.29, 0.717) is 18.2 Å². The van der Waals surface area contributed by atoms with Gasteiger partial charge in [0.1, 0.15) is 5.75 Å².